The zero-order valence-electron chi connectivity index (χ0n) is 11.6. The lowest BCUT2D eigenvalue weighted by Gasteiger charge is -2.12. The van der Waals surface area contributed by atoms with Gasteiger partial charge in [0.1, 0.15) is 6.10 Å². The molecule has 1 aliphatic heterocycles. The van der Waals surface area contributed by atoms with Gasteiger partial charge in [0.2, 0.25) is 0 Å². The van der Waals surface area contributed by atoms with Crippen molar-refractivity contribution < 1.29 is 14.6 Å². The second kappa shape index (κ2) is 10.7. The summed E-state index contributed by atoms with van der Waals surface area (Å²) in [7, 11) is 1.00. The molecule has 0 aliphatic carbocycles. The lowest BCUT2D eigenvalue weighted by atomic mass is 9.95. The third-order valence-electron chi connectivity index (χ3n) is 1.99. The molecule has 3 nitrogen and oxygen atoms in total. The summed E-state index contributed by atoms with van der Waals surface area (Å²) in [5.74, 6) is -0.0471. The number of thiol groups is 1. The fraction of sp³-hybridized carbons (Fsp3) is 0.769. The van der Waals surface area contributed by atoms with Gasteiger partial charge in [-0.1, -0.05) is 32.9 Å². The minimum Gasteiger partial charge on any atom is -0.462 e. The standard InChI is InChI=1S/C11H18O2.CH4O.CH4S/c1-11(2,3)8-4-5-9-6-7-10(12)13-9;2*1-2/h4,8-9H,5-7H2,1-3H3;2*2H,1H3/b8-4+;;/t9-;;/m0../s1. The number of rotatable bonds is 2. The number of esters is 1. The van der Waals surface area contributed by atoms with Gasteiger partial charge in [-0.3, -0.25) is 4.79 Å². The molecule has 0 amide bonds. The highest BCUT2D eigenvalue weighted by Crippen LogP contribution is 2.19. The number of hydrogen-bond acceptors (Lipinski definition) is 4. The summed E-state index contributed by atoms with van der Waals surface area (Å²) >= 11 is 3.53. The maximum atomic E-state index is 10.8. The van der Waals surface area contributed by atoms with Crippen molar-refractivity contribution in [2.45, 2.75) is 46.1 Å². The van der Waals surface area contributed by atoms with Crippen LogP contribution in [0.3, 0.4) is 0 Å². The second-order valence-corrected chi connectivity index (χ2v) is 4.65. The first kappa shape index (κ1) is 18.9. The highest BCUT2D eigenvalue weighted by molar-refractivity contribution is 7.79. The number of carbonyl (C=O) groups excluding carboxylic acids is 1. The van der Waals surface area contributed by atoms with Gasteiger partial charge in [0.05, 0.1) is 0 Å². The molecule has 102 valence electrons. The minimum atomic E-state index is -0.0471. The Kier molecular flexibility index (Phi) is 11.8. The van der Waals surface area contributed by atoms with Crippen LogP contribution in [-0.4, -0.2) is 30.5 Å². The Morgan fingerprint density at radius 2 is 1.94 bits per heavy atom. The summed E-state index contributed by atoms with van der Waals surface area (Å²) in [5, 5.41) is 7.00. The minimum absolute atomic E-state index is 0.0471. The van der Waals surface area contributed by atoms with Crippen molar-refractivity contribution in [3.8, 4) is 0 Å². The molecular formula is C13H26O3S. The SMILES string of the molecule is CC(C)(C)/C=C/C[C@H]1CCC(=O)O1.CO.CS. The van der Waals surface area contributed by atoms with Gasteiger partial charge in [0.15, 0.2) is 0 Å². The summed E-state index contributed by atoms with van der Waals surface area (Å²) in [4.78, 5) is 10.8. The molecule has 0 unspecified atom stereocenters. The smallest absolute Gasteiger partial charge is 0.306 e. The molecule has 4 heteroatoms. The van der Waals surface area contributed by atoms with E-state index in [-0.39, 0.29) is 17.5 Å². The molecule has 0 saturated carbocycles. The van der Waals surface area contributed by atoms with Crippen molar-refractivity contribution in [3.63, 3.8) is 0 Å². The van der Waals surface area contributed by atoms with E-state index in [1.165, 1.54) is 0 Å². The highest BCUT2D eigenvalue weighted by atomic mass is 32.1. The van der Waals surface area contributed by atoms with Crippen LogP contribution >= 0.6 is 12.6 Å². The van der Waals surface area contributed by atoms with Gasteiger partial charge in [0.25, 0.3) is 0 Å². The van der Waals surface area contributed by atoms with E-state index in [1.807, 2.05) is 0 Å². The van der Waals surface area contributed by atoms with Gasteiger partial charge < -0.3 is 9.84 Å². The van der Waals surface area contributed by atoms with E-state index in [2.05, 4.69) is 45.6 Å². The molecule has 1 N–H and O–H groups in total. The fourth-order valence-corrected chi connectivity index (χ4v) is 1.32. The monoisotopic (exact) mass is 262 g/mol. The number of hydrogen-bond donors (Lipinski definition) is 2. The van der Waals surface area contributed by atoms with Gasteiger partial charge in [-0.25, -0.2) is 0 Å². The molecule has 0 spiro atoms. The maximum Gasteiger partial charge on any atom is 0.306 e. The average Bonchev–Trinajstić information content (AvgIpc) is 2.68. The van der Waals surface area contributed by atoms with Gasteiger partial charge in [-0.05, 0) is 18.1 Å². The molecule has 0 bridgehead atoms. The second-order valence-electron chi connectivity index (χ2n) is 4.65. The van der Waals surface area contributed by atoms with Gasteiger partial charge >= 0.3 is 5.97 Å². The van der Waals surface area contributed by atoms with Crippen LogP contribution in [0.15, 0.2) is 12.2 Å². The van der Waals surface area contributed by atoms with Crippen molar-refractivity contribution in [3.05, 3.63) is 12.2 Å². The van der Waals surface area contributed by atoms with Crippen molar-refractivity contribution in [2.24, 2.45) is 5.41 Å². The zero-order valence-corrected chi connectivity index (χ0v) is 12.5. The van der Waals surface area contributed by atoms with Crippen molar-refractivity contribution >= 4 is 18.6 Å². The van der Waals surface area contributed by atoms with Gasteiger partial charge in [-0.15, -0.1) is 0 Å². The molecular weight excluding hydrogens is 236 g/mol. The molecule has 17 heavy (non-hydrogen) atoms. The molecule has 0 aromatic rings. The zero-order chi connectivity index (χ0) is 13.9. The number of aliphatic hydroxyl groups is 1. The van der Waals surface area contributed by atoms with E-state index in [0.29, 0.717) is 6.42 Å². The van der Waals surface area contributed by atoms with Crippen LogP contribution in [0, 0.1) is 5.41 Å². The molecule has 1 fully saturated rings. The predicted octanol–water partition coefficient (Wildman–Crippen LogP) is 2.84. The summed E-state index contributed by atoms with van der Waals surface area (Å²) in [6.07, 6.45) is 8.44. The van der Waals surface area contributed by atoms with Crippen LogP contribution in [0.5, 0.6) is 0 Å². The largest absolute Gasteiger partial charge is 0.462 e. The Hall–Kier alpha value is -0.480. The van der Waals surface area contributed by atoms with E-state index >= 15 is 0 Å². The van der Waals surface area contributed by atoms with Crippen LogP contribution in [0.25, 0.3) is 0 Å². The summed E-state index contributed by atoms with van der Waals surface area (Å²) < 4.78 is 5.09. The normalized spacial score (nSPS) is 19.0. The lowest BCUT2D eigenvalue weighted by molar-refractivity contribution is -0.141. The number of allylic oxidation sites excluding steroid dienone is 1. The highest BCUT2D eigenvalue weighted by Gasteiger charge is 2.21. The summed E-state index contributed by atoms with van der Waals surface area (Å²) in [5.41, 5.74) is 0.225. The molecule has 1 aliphatic rings. The number of aliphatic hydroxyl groups excluding tert-OH is 1. The first-order valence-electron chi connectivity index (χ1n) is 5.74. The van der Waals surface area contributed by atoms with Crippen LogP contribution in [0.4, 0.5) is 0 Å². The van der Waals surface area contributed by atoms with Gasteiger partial charge in [-0.2, -0.15) is 12.6 Å². The first-order chi connectivity index (χ1) is 7.97. The average molecular weight is 262 g/mol. The summed E-state index contributed by atoms with van der Waals surface area (Å²) in [6.45, 7) is 6.47. The van der Waals surface area contributed by atoms with E-state index in [9.17, 15) is 4.79 Å². The molecule has 0 aromatic heterocycles. The van der Waals surface area contributed by atoms with Crippen molar-refractivity contribution in [1.29, 1.82) is 0 Å². The Bertz CT molecular complexity index is 219. The molecule has 1 atom stereocenters. The third-order valence-corrected chi connectivity index (χ3v) is 1.99. The molecule has 1 heterocycles. The topological polar surface area (TPSA) is 46.5 Å². The predicted molar refractivity (Wildman–Crippen MR) is 75.4 cm³/mol. The third kappa shape index (κ3) is 11.8. The summed E-state index contributed by atoms with van der Waals surface area (Å²) in [6, 6.07) is 0. The van der Waals surface area contributed by atoms with E-state index < -0.39 is 0 Å². The van der Waals surface area contributed by atoms with Crippen molar-refractivity contribution in [1.82, 2.24) is 0 Å². The Morgan fingerprint density at radius 3 is 2.29 bits per heavy atom. The molecule has 0 aromatic carbocycles. The number of carbonyl (C=O) groups is 1. The van der Waals surface area contributed by atoms with E-state index in [4.69, 9.17) is 9.84 Å². The molecule has 1 saturated heterocycles. The lowest BCUT2D eigenvalue weighted by Crippen LogP contribution is -2.06. The van der Waals surface area contributed by atoms with Crippen molar-refractivity contribution in [2.75, 3.05) is 13.4 Å². The maximum absolute atomic E-state index is 10.8. The van der Waals surface area contributed by atoms with Crippen LogP contribution < -0.4 is 0 Å². The molecule has 0 radical (unpaired) electrons. The first-order valence-corrected chi connectivity index (χ1v) is 6.63. The van der Waals surface area contributed by atoms with E-state index in [0.717, 1.165) is 20.0 Å². The molecule has 1 rings (SSSR count). The Morgan fingerprint density at radius 1 is 1.41 bits per heavy atom. The van der Waals surface area contributed by atoms with Crippen LogP contribution in [0.2, 0.25) is 0 Å². The van der Waals surface area contributed by atoms with Gasteiger partial charge in [0, 0.05) is 20.0 Å². The fourth-order valence-electron chi connectivity index (χ4n) is 1.32. The Balaban J connectivity index is 0. The number of cyclic esters (lactones) is 1. The van der Waals surface area contributed by atoms with E-state index in [1.54, 1.807) is 6.26 Å². The van der Waals surface area contributed by atoms with Crippen LogP contribution in [-0.2, 0) is 9.53 Å². The Labute approximate surface area is 111 Å². The quantitative estimate of drug-likeness (QED) is 0.457. The number of ether oxygens (including phenoxy) is 1. The van der Waals surface area contributed by atoms with Crippen LogP contribution in [0.1, 0.15) is 40.0 Å².